The van der Waals surface area contributed by atoms with Crippen LogP contribution in [0.15, 0.2) is 28.8 Å². The van der Waals surface area contributed by atoms with E-state index in [9.17, 15) is 9.59 Å². The molecule has 0 bridgehead atoms. The highest BCUT2D eigenvalue weighted by molar-refractivity contribution is 6.30. The molecule has 1 aromatic carbocycles. The number of nitrogens with zero attached hydrogens (tertiary/aromatic N) is 2. The molecule has 0 saturated carbocycles. The summed E-state index contributed by atoms with van der Waals surface area (Å²) < 4.78 is 9.91. The Kier molecular flexibility index (Phi) is 7.15. The van der Waals surface area contributed by atoms with Crippen LogP contribution in [0.3, 0.4) is 0 Å². The van der Waals surface area contributed by atoms with E-state index in [0.717, 1.165) is 5.56 Å². The van der Waals surface area contributed by atoms with Gasteiger partial charge in [-0.15, -0.1) is 0 Å². The van der Waals surface area contributed by atoms with Crippen LogP contribution in [0.5, 0.6) is 0 Å². The summed E-state index contributed by atoms with van der Waals surface area (Å²) in [6.45, 7) is 3.94. The molecule has 0 aliphatic heterocycles. The molecule has 1 amide bonds. The summed E-state index contributed by atoms with van der Waals surface area (Å²) in [5, 5.41) is 7.22. The van der Waals surface area contributed by atoms with Gasteiger partial charge >= 0.3 is 5.97 Å². The van der Waals surface area contributed by atoms with Gasteiger partial charge in [-0.1, -0.05) is 30.6 Å². The van der Waals surface area contributed by atoms with Gasteiger partial charge in [0.15, 0.2) is 0 Å². The van der Waals surface area contributed by atoms with E-state index in [4.69, 9.17) is 20.9 Å². The molecular weight excluding hydrogens is 358 g/mol. The number of benzene rings is 1. The van der Waals surface area contributed by atoms with Crippen LogP contribution in [-0.4, -0.2) is 35.2 Å². The average molecular weight is 380 g/mol. The van der Waals surface area contributed by atoms with E-state index in [2.05, 4.69) is 15.5 Å². The highest BCUT2D eigenvalue weighted by Gasteiger charge is 2.22. The Hall–Kier alpha value is -2.41. The molecular formula is C18H22ClN3O4. The zero-order valence-electron chi connectivity index (χ0n) is 15.0. The molecule has 2 rings (SSSR count). The van der Waals surface area contributed by atoms with Crippen molar-refractivity contribution in [1.29, 1.82) is 0 Å². The van der Waals surface area contributed by atoms with E-state index in [0.29, 0.717) is 23.2 Å². The zero-order valence-corrected chi connectivity index (χ0v) is 15.7. The number of carbonyl (C=O) groups excluding carboxylic acids is 2. The monoisotopic (exact) mass is 379 g/mol. The number of rotatable bonds is 8. The number of amides is 1. The molecule has 0 fully saturated rings. The Morgan fingerprint density at radius 2 is 1.96 bits per heavy atom. The first kappa shape index (κ1) is 19.9. The smallest absolute Gasteiger partial charge is 0.328 e. The molecule has 0 aliphatic carbocycles. The Bertz CT molecular complexity index is 743. The molecule has 0 radical (unpaired) electrons. The number of ether oxygens (including phenoxy) is 1. The first-order chi connectivity index (χ1) is 12.4. The van der Waals surface area contributed by atoms with Crippen molar-refractivity contribution in [2.45, 2.75) is 39.2 Å². The lowest BCUT2D eigenvalue weighted by Crippen LogP contribution is -2.42. The summed E-state index contributed by atoms with van der Waals surface area (Å²) in [6, 6.07) is 6.40. The molecule has 1 aromatic heterocycles. The van der Waals surface area contributed by atoms with Crippen LogP contribution in [0.4, 0.5) is 0 Å². The van der Waals surface area contributed by atoms with Crippen molar-refractivity contribution in [3.8, 4) is 11.4 Å². The number of aromatic nitrogens is 2. The number of hydrogen-bond donors (Lipinski definition) is 1. The minimum atomic E-state index is -0.653. The van der Waals surface area contributed by atoms with Gasteiger partial charge in [-0.05, 0) is 36.6 Å². The molecule has 1 unspecified atom stereocenters. The second-order valence-electron chi connectivity index (χ2n) is 6.29. The summed E-state index contributed by atoms with van der Waals surface area (Å²) in [7, 11) is 1.30. The summed E-state index contributed by atoms with van der Waals surface area (Å²) in [4.78, 5) is 28.1. The van der Waals surface area contributed by atoms with E-state index >= 15 is 0 Å². The van der Waals surface area contributed by atoms with Gasteiger partial charge in [-0.25, -0.2) is 4.79 Å². The molecule has 1 N–H and O–H groups in total. The van der Waals surface area contributed by atoms with E-state index in [1.165, 1.54) is 7.11 Å². The fraction of sp³-hybridized carbons (Fsp3) is 0.444. The number of aryl methyl sites for hydroxylation is 1. The number of nitrogens with one attached hydrogen (secondary N) is 1. The molecule has 1 heterocycles. The molecule has 2 aromatic rings. The van der Waals surface area contributed by atoms with Crippen LogP contribution < -0.4 is 5.32 Å². The predicted octanol–water partition coefficient (Wildman–Crippen LogP) is 3.03. The van der Waals surface area contributed by atoms with E-state index in [-0.39, 0.29) is 24.7 Å². The average Bonchev–Trinajstić information content (AvgIpc) is 3.08. The Morgan fingerprint density at radius 1 is 1.27 bits per heavy atom. The van der Waals surface area contributed by atoms with E-state index in [1.54, 1.807) is 24.3 Å². The van der Waals surface area contributed by atoms with Gasteiger partial charge in [0.05, 0.1) is 7.11 Å². The van der Waals surface area contributed by atoms with Gasteiger partial charge in [0.25, 0.3) is 0 Å². The lowest BCUT2D eigenvalue weighted by Gasteiger charge is -2.18. The van der Waals surface area contributed by atoms with Gasteiger partial charge in [0.1, 0.15) is 6.04 Å². The van der Waals surface area contributed by atoms with Crippen LogP contribution in [0.1, 0.15) is 32.6 Å². The first-order valence-corrected chi connectivity index (χ1v) is 8.72. The molecule has 0 spiro atoms. The Morgan fingerprint density at radius 3 is 2.58 bits per heavy atom. The number of methoxy groups -OCH3 is 1. The first-order valence-electron chi connectivity index (χ1n) is 8.34. The quantitative estimate of drug-likeness (QED) is 0.708. The summed E-state index contributed by atoms with van der Waals surface area (Å²) in [6.07, 6.45) is 0.926. The molecule has 26 heavy (non-hydrogen) atoms. The van der Waals surface area contributed by atoms with Gasteiger partial charge in [0, 0.05) is 23.4 Å². The third kappa shape index (κ3) is 5.84. The summed E-state index contributed by atoms with van der Waals surface area (Å²) in [5.74, 6) is 0.312. The van der Waals surface area contributed by atoms with E-state index < -0.39 is 12.0 Å². The number of carbonyl (C=O) groups is 2. The predicted molar refractivity (Wildman–Crippen MR) is 96.5 cm³/mol. The van der Waals surface area contributed by atoms with Crippen molar-refractivity contribution in [3.63, 3.8) is 0 Å². The molecule has 7 nitrogen and oxygen atoms in total. The van der Waals surface area contributed by atoms with Crippen molar-refractivity contribution >= 4 is 23.5 Å². The largest absolute Gasteiger partial charge is 0.467 e. The third-order valence-corrected chi connectivity index (χ3v) is 3.92. The van der Waals surface area contributed by atoms with E-state index in [1.807, 2.05) is 13.8 Å². The van der Waals surface area contributed by atoms with Gasteiger partial charge in [-0.2, -0.15) is 4.98 Å². The SMILES string of the molecule is COC(=O)C(CC(C)C)NC(=O)CCc1nc(-c2ccc(Cl)cc2)no1. The van der Waals surface area contributed by atoms with Crippen LogP contribution in [0.2, 0.25) is 5.02 Å². The van der Waals surface area contributed by atoms with Gasteiger partial charge in [0.2, 0.25) is 17.6 Å². The van der Waals surface area contributed by atoms with Gasteiger partial charge in [-0.3, -0.25) is 4.79 Å². The Balaban J connectivity index is 1.90. The van der Waals surface area contributed by atoms with Crippen LogP contribution >= 0.6 is 11.6 Å². The third-order valence-electron chi connectivity index (χ3n) is 3.66. The topological polar surface area (TPSA) is 94.3 Å². The lowest BCUT2D eigenvalue weighted by molar-refractivity contribution is -0.145. The lowest BCUT2D eigenvalue weighted by atomic mass is 10.0. The summed E-state index contributed by atoms with van der Waals surface area (Å²) in [5.41, 5.74) is 0.775. The minimum absolute atomic E-state index is 0.133. The Labute approximate surface area is 157 Å². The second-order valence-corrected chi connectivity index (χ2v) is 6.73. The fourth-order valence-corrected chi connectivity index (χ4v) is 2.51. The normalized spacial score (nSPS) is 12.0. The van der Waals surface area contributed by atoms with Crippen molar-refractivity contribution in [3.05, 3.63) is 35.2 Å². The summed E-state index contributed by atoms with van der Waals surface area (Å²) >= 11 is 5.85. The highest BCUT2D eigenvalue weighted by Crippen LogP contribution is 2.19. The molecule has 1 atom stereocenters. The maximum atomic E-state index is 12.1. The molecule has 140 valence electrons. The highest BCUT2D eigenvalue weighted by atomic mass is 35.5. The second kappa shape index (κ2) is 9.33. The van der Waals surface area contributed by atoms with Crippen molar-refractivity contribution in [1.82, 2.24) is 15.5 Å². The van der Waals surface area contributed by atoms with Gasteiger partial charge < -0.3 is 14.6 Å². The number of esters is 1. The maximum Gasteiger partial charge on any atom is 0.328 e. The molecule has 0 saturated heterocycles. The van der Waals surface area contributed by atoms with Crippen molar-refractivity contribution < 1.29 is 18.8 Å². The van der Waals surface area contributed by atoms with Crippen molar-refractivity contribution in [2.24, 2.45) is 5.92 Å². The van der Waals surface area contributed by atoms with Crippen LogP contribution in [0.25, 0.3) is 11.4 Å². The fourth-order valence-electron chi connectivity index (χ4n) is 2.39. The molecule has 8 heteroatoms. The maximum absolute atomic E-state index is 12.1. The standard InChI is InChI=1S/C18H22ClN3O4/c1-11(2)10-14(18(24)25-3)20-15(23)8-9-16-21-17(22-26-16)12-4-6-13(19)7-5-12/h4-7,11,14H,8-10H2,1-3H3,(H,20,23). The van der Waals surface area contributed by atoms with Crippen LogP contribution in [0, 0.1) is 5.92 Å². The number of halogens is 1. The molecule has 0 aliphatic rings. The van der Waals surface area contributed by atoms with Crippen molar-refractivity contribution in [2.75, 3.05) is 7.11 Å². The van der Waals surface area contributed by atoms with Crippen LogP contribution in [-0.2, 0) is 20.7 Å². The zero-order chi connectivity index (χ0) is 19.1. The number of hydrogen-bond acceptors (Lipinski definition) is 6. The minimum Gasteiger partial charge on any atom is -0.467 e.